The van der Waals surface area contributed by atoms with Crippen LogP contribution in [0.15, 0.2) is 54.6 Å². The highest BCUT2D eigenvalue weighted by molar-refractivity contribution is 7.19. The lowest BCUT2D eigenvalue weighted by Gasteiger charge is -1.99. The summed E-state index contributed by atoms with van der Waals surface area (Å²) < 4.78 is 1.86. The summed E-state index contributed by atoms with van der Waals surface area (Å²) in [7, 11) is 0. The molecule has 5 heteroatoms. The first-order chi connectivity index (χ1) is 11.3. The Morgan fingerprint density at radius 3 is 2.43 bits per heavy atom. The van der Waals surface area contributed by atoms with Gasteiger partial charge in [-0.1, -0.05) is 72.9 Å². The number of aromatic nitrogens is 4. The van der Waals surface area contributed by atoms with Gasteiger partial charge in [-0.05, 0) is 17.5 Å². The van der Waals surface area contributed by atoms with Gasteiger partial charge in [-0.2, -0.15) is 9.61 Å². The molecule has 0 atom stereocenters. The summed E-state index contributed by atoms with van der Waals surface area (Å²) in [5.74, 6) is 0.874. The molecule has 2 aromatic carbocycles. The Kier molecular flexibility index (Phi) is 3.63. The third kappa shape index (κ3) is 2.75. The van der Waals surface area contributed by atoms with Crippen LogP contribution in [0.3, 0.4) is 0 Å². The molecule has 0 amide bonds. The van der Waals surface area contributed by atoms with E-state index in [1.165, 1.54) is 11.1 Å². The predicted molar refractivity (Wildman–Crippen MR) is 92.7 cm³/mol. The molecule has 23 heavy (non-hydrogen) atoms. The molecular weight excluding hydrogens is 304 g/mol. The summed E-state index contributed by atoms with van der Waals surface area (Å²) in [6.07, 6.45) is 1.78. The molecule has 0 aliphatic carbocycles. The van der Waals surface area contributed by atoms with E-state index in [9.17, 15) is 0 Å². The molecule has 0 unspecified atom stereocenters. The van der Waals surface area contributed by atoms with Gasteiger partial charge >= 0.3 is 0 Å². The average Bonchev–Trinajstić information content (AvgIpc) is 3.18. The number of rotatable bonds is 4. The number of benzene rings is 2. The van der Waals surface area contributed by atoms with Crippen LogP contribution in [0.4, 0.5) is 0 Å². The minimum atomic E-state index is 0.736. The van der Waals surface area contributed by atoms with Gasteiger partial charge in [-0.15, -0.1) is 10.2 Å². The molecule has 114 valence electrons. The summed E-state index contributed by atoms with van der Waals surface area (Å²) in [4.78, 5) is 0.838. The lowest BCUT2D eigenvalue weighted by atomic mass is 10.1. The van der Waals surface area contributed by atoms with Gasteiger partial charge in [-0.3, -0.25) is 0 Å². The van der Waals surface area contributed by atoms with Crippen molar-refractivity contribution in [3.8, 4) is 10.6 Å². The SMILES string of the molecule is CCc1ccc(-c2nn3c(Cc4ccccc4)nnc3s2)cc1. The third-order valence-electron chi connectivity index (χ3n) is 3.87. The first kappa shape index (κ1) is 14.1. The maximum Gasteiger partial charge on any atom is 0.234 e. The molecule has 4 nitrogen and oxygen atoms in total. The van der Waals surface area contributed by atoms with E-state index in [0.29, 0.717) is 0 Å². The van der Waals surface area contributed by atoms with Crippen LogP contribution in [0.2, 0.25) is 0 Å². The zero-order valence-electron chi connectivity index (χ0n) is 12.8. The van der Waals surface area contributed by atoms with Crippen molar-refractivity contribution in [2.24, 2.45) is 0 Å². The Morgan fingerprint density at radius 1 is 0.913 bits per heavy atom. The van der Waals surface area contributed by atoms with Gasteiger partial charge in [0.25, 0.3) is 0 Å². The van der Waals surface area contributed by atoms with Gasteiger partial charge in [0.1, 0.15) is 5.01 Å². The quantitative estimate of drug-likeness (QED) is 0.571. The van der Waals surface area contributed by atoms with Crippen molar-refractivity contribution in [2.75, 3.05) is 0 Å². The topological polar surface area (TPSA) is 43.1 Å². The Bertz CT molecular complexity index is 923. The Morgan fingerprint density at radius 2 is 1.70 bits per heavy atom. The van der Waals surface area contributed by atoms with Crippen LogP contribution in [0, 0.1) is 0 Å². The fraction of sp³-hybridized carbons (Fsp3) is 0.167. The Balaban J connectivity index is 1.68. The number of hydrogen-bond donors (Lipinski definition) is 0. The second-order valence-electron chi connectivity index (χ2n) is 5.43. The molecular formula is C18H16N4S. The number of fused-ring (bicyclic) bond motifs is 1. The van der Waals surface area contributed by atoms with Crippen LogP contribution >= 0.6 is 11.3 Å². The molecule has 0 spiro atoms. The smallest absolute Gasteiger partial charge is 0.187 e. The van der Waals surface area contributed by atoms with E-state index in [-0.39, 0.29) is 0 Å². The minimum absolute atomic E-state index is 0.736. The van der Waals surface area contributed by atoms with E-state index < -0.39 is 0 Å². The molecule has 4 aromatic rings. The van der Waals surface area contributed by atoms with E-state index in [1.54, 1.807) is 11.3 Å². The molecule has 0 aliphatic rings. The molecule has 0 saturated carbocycles. The summed E-state index contributed by atoms with van der Waals surface area (Å²) in [6, 6.07) is 18.8. The lowest BCUT2D eigenvalue weighted by Crippen LogP contribution is -1.97. The van der Waals surface area contributed by atoms with Crippen LogP contribution in [0.1, 0.15) is 23.9 Å². The summed E-state index contributed by atoms with van der Waals surface area (Å²) in [5.41, 5.74) is 3.67. The van der Waals surface area contributed by atoms with Crippen molar-refractivity contribution in [1.29, 1.82) is 0 Å². The van der Waals surface area contributed by atoms with Crippen LogP contribution in [0.5, 0.6) is 0 Å². The van der Waals surface area contributed by atoms with Crippen molar-refractivity contribution in [2.45, 2.75) is 19.8 Å². The highest BCUT2D eigenvalue weighted by atomic mass is 32.1. The summed E-state index contributed by atoms with van der Waals surface area (Å²) in [5, 5.41) is 14.2. The molecule has 2 heterocycles. The Hall–Kier alpha value is -2.53. The normalized spacial score (nSPS) is 11.2. The highest BCUT2D eigenvalue weighted by Crippen LogP contribution is 2.26. The van der Waals surface area contributed by atoms with E-state index >= 15 is 0 Å². The maximum atomic E-state index is 4.70. The largest absolute Gasteiger partial charge is 0.234 e. The van der Waals surface area contributed by atoms with Gasteiger partial charge in [0, 0.05) is 12.0 Å². The molecule has 0 radical (unpaired) electrons. The highest BCUT2D eigenvalue weighted by Gasteiger charge is 2.13. The van der Waals surface area contributed by atoms with Gasteiger partial charge in [0.2, 0.25) is 4.96 Å². The number of nitrogens with zero attached hydrogens (tertiary/aromatic N) is 4. The van der Waals surface area contributed by atoms with Gasteiger partial charge < -0.3 is 0 Å². The summed E-state index contributed by atoms with van der Waals surface area (Å²) in [6.45, 7) is 2.16. The number of hydrogen-bond acceptors (Lipinski definition) is 4. The number of aryl methyl sites for hydroxylation is 1. The molecule has 0 saturated heterocycles. The first-order valence-electron chi connectivity index (χ1n) is 7.68. The van der Waals surface area contributed by atoms with Crippen molar-refractivity contribution in [3.63, 3.8) is 0 Å². The molecule has 2 aromatic heterocycles. The molecule has 0 aliphatic heterocycles. The monoisotopic (exact) mass is 320 g/mol. The van der Waals surface area contributed by atoms with Gasteiger partial charge in [0.05, 0.1) is 0 Å². The van der Waals surface area contributed by atoms with Crippen LogP contribution in [0.25, 0.3) is 15.5 Å². The second kappa shape index (κ2) is 5.93. The average molecular weight is 320 g/mol. The lowest BCUT2D eigenvalue weighted by molar-refractivity contribution is 0.854. The van der Waals surface area contributed by atoms with Crippen LogP contribution in [-0.2, 0) is 12.8 Å². The predicted octanol–water partition coefficient (Wildman–Crippen LogP) is 4.01. The maximum absolute atomic E-state index is 4.70. The van der Waals surface area contributed by atoms with Crippen molar-refractivity contribution < 1.29 is 0 Å². The van der Waals surface area contributed by atoms with Crippen LogP contribution < -0.4 is 0 Å². The zero-order valence-corrected chi connectivity index (χ0v) is 13.6. The molecule has 4 rings (SSSR count). The van der Waals surface area contributed by atoms with Crippen LogP contribution in [-0.4, -0.2) is 19.8 Å². The van der Waals surface area contributed by atoms with Gasteiger partial charge in [0.15, 0.2) is 5.82 Å². The van der Waals surface area contributed by atoms with Gasteiger partial charge in [-0.25, -0.2) is 0 Å². The minimum Gasteiger partial charge on any atom is -0.187 e. The van der Waals surface area contributed by atoms with E-state index in [4.69, 9.17) is 5.10 Å². The zero-order chi connectivity index (χ0) is 15.6. The van der Waals surface area contributed by atoms with Crippen molar-refractivity contribution in [3.05, 3.63) is 71.5 Å². The fourth-order valence-electron chi connectivity index (χ4n) is 2.55. The third-order valence-corrected chi connectivity index (χ3v) is 4.82. The summed E-state index contributed by atoms with van der Waals surface area (Å²) >= 11 is 1.57. The van der Waals surface area contributed by atoms with E-state index in [0.717, 1.165) is 34.2 Å². The second-order valence-corrected chi connectivity index (χ2v) is 6.39. The Labute approximate surface area is 138 Å². The molecule has 0 fully saturated rings. The van der Waals surface area contributed by atoms with E-state index in [1.807, 2.05) is 22.7 Å². The standard InChI is InChI=1S/C18H16N4S/c1-2-13-8-10-15(11-9-13)17-21-22-16(19-20-18(22)23-17)12-14-6-4-3-5-7-14/h3-11H,2,12H2,1H3. The molecule has 0 N–H and O–H groups in total. The van der Waals surface area contributed by atoms with Crippen molar-refractivity contribution in [1.82, 2.24) is 19.8 Å². The molecule has 0 bridgehead atoms. The fourth-order valence-corrected chi connectivity index (χ4v) is 3.41. The first-order valence-corrected chi connectivity index (χ1v) is 8.49. The van der Waals surface area contributed by atoms with E-state index in [2.05, 4.69) is 53.5 Å². The van der Waals surface area contributed by atoms with Crippen molar-refractivity contribution >= 4 is 16.3 Å².